The van der Waals surface area contributed by atoms with Gasteiger partial charge in [-0.3, -0.25) is 0 Å². The lowest BCUT2D eigenvalue weighted by Crippen LogP contribution is -2.16. The Morgan fingerprint density at radius 2 is 1.73 bits per heavy atom. The molecule has 2 aromatic carbocycles. The van der Waals surface area contributed by atoms with Gasteiger partial charge in [-0.1, -0.05) is 54.1 Å². The Kier molecular flexibility index (Phi) is 3.18. The number of benzene rings is 2. The summed E-state index contributed by atoms with van der Waals surface area (Å²) in [6.07, 6.45) is 1.09. The summed E-state index contributed by atoms with van der Waals surface area (Å²) in [4.78, 5) is 0. The molecule has 0 amide bonds. The molecule has 2 heteroatoms. The molecule has 0 spiro atoms. The van der Waals surface area contributed by atoms with Gasteiger partial charge in [0.1, 0.15) is 5.82 Å². The molecule has 2 rings (SSSR count). The molecule has 0 heterocycles. The van der Waals surface area contributed by atoms with Gasteiger partial charge in [-0.25, -0.2) is 9.85 Å². The molecule has 0 atom stereocenters. The summed E-state index contributed by atoms with van der Waals surface area (Å²) in [5.74, 6) is -0.121. The van der Waals surface area contributed by atoms with Crippen molar-refractivity contribution >= 4 is 12.7 Å². The van der Waals surface area contributed by atoms with E-state index >= 15 is 0 Å². The van der Waals surface area contributed by atoms with Crippen molar-refractivity contribution in [3.63, 3.8) is 0 Å². The lowest BCUT2D eigenvalue weighted by Gasteiger charge is -2.07. The summed E-state index contributed by atoms with van der Waals surface area (Å²) >= 11 is 0. The molecule has 0 aromatic heterocycles. The zero-order chi connectivity index (χ0) is 10.5. The topological polar surface area (TPSA) is 0 Å². The highest BCUT2D eigenvalue weighted by Gasteiger charge is 1.91. The first-order valence-electron chi connectivity index (χ1n) is 5.48. The Morgan fingerprint density at radius 1 is 0.933 bits per heavy atom. The Hall–Kier alpha value is -1.57. The first kappa shape index (κ1) is 9.97. The highest BCUT2D eigenvalue weighted by molar-refractivity contribution is 6.52. The third-order valence-electron chi connectivity index (χ3n) is 2.82. The fourth-order valence-electron chi connectivity index (χ4n) is 1.95. The summed E-state index contributed by atoms with van der Waals surface area (Å²) in [5.41, 5.74) is 2.53. The first-order chi connectivity index (χ1) is 7.34. The smallest absolute Gasteiger partial charge is 0.120 e. The van der Waals surface area contributed by atoms with Crippen LogP contribution >= 0.6 is 0 Å². The second kappa shape index (κ2) is 4.78. The average molecular weight is 199 g/mol. The molecular weight excluding hydrogens is 186 g/mol. The summed E-state index contributed by atoms with van der Waals surface area (Å²) in [6.45, 7) is 0. The minimum absolute atomic E-state index is 0.121. The summed E-state index contributed by atoms with van der Waals surface area (Å²) in [5, 5.41) is 0. The third kappa shape index (κ3) is 2.95. The van der Waals surface area contributed by atoms with Crippen LogP contribution in [-0.2, 0) is 6.32 Å². The van der Waals surface area contributed by atoms with Crippen molar-refractivity contribution in [1.82, 2.24) is 0 Å². The molecule has 0 N–H and O–H groups in total. The van der Waals surface area contributed by atoms with Crippen molar-refractivity contribution < 1.29 is 4.39 Å². The average Bonchev–Trinajstić information content (AvgIpc) is 2.28. The van der Waals surface area contributed by atoms with Gasteiger partial charge in [0, 0.05) is 7.28 Å². The van der Waals surface area contributed by atoms with Gasteiger partial charge in [0.15, 0.2) is 0 Å². The van der Waals surface area contributed by atoms with Crippen LogP contribution in [0, 0.1) is 5.82 Å². The van der Waals surface area contributed by atoms with Gasteiger partial charge in [-0.2, -0.15) is 6.32 Å². The van der Waals surface area contributed by atoms with Crippen LogP contribution in [-0.4, -0.2) is 7.28 Å². The van der Waals surface area contributed by atoms with E-state index in [2.05, 4.69) is 12.1 Å². The highest BCUT2D eigenvalue weighted by atomic mass is 19.1. The van der Waals surface area contributed by atoms with Crippen molar-refractivity contribution in [1.29, 1.82) is 0 Å². The zero-order valence-corrected chi connectivity index (χ0v) is 8.78. The van der Waals surface area contributed by atoms with E-state index in [-0.39, 0.29) is 13.1 Å². The predicted octanol–water partition coefficient (Wildman–Crippen LogP) is 1.82. The SMILES string of the molecule is Fc1cccc([BH2-]Cc2ccccc2)c1. The Labute approximate surface area is 90.0 Å². The zero-order valence-electron chi connectivity index (χ0n) is 8.78. The molecule has 0 radical (unpaired) electrons. The summed E-state index contributed by atoms with van der Waals surface area (Å²) in [6, 6.07) is 17.3. The maximum absolute atomic E-state index is 12.9. The van der Waals surface area contributed by atoms with Gasteiger partial charge in [-0.05, 0) is 6.07 Å². The van der Waals surface area contributed by atoms with E-state index in [0.717, 1.165) is 6.32 Å². The van der Waals surface area contributed by atoms with Crippen molar-refractivity contribution in [2.45, 2.75) is 6.32 Å². The molecule has 0 bridgehead atoms. The molecule has 0 nitrogen and oxygen atoms in total. The molecule has 0 fully saturated rings. The lowest BCUT2D eigenvalue weighted by atomic mass is 9.65. The second-order valence-corrected chi connectivity index (χ2v) is 3.99. The third-order valence-corrected chi connectivity index (χ3v) is 2.82. The number of hydrogen-bond acceptors (Lipinski definition) is 0. The van der Waals surface area contributed by atoms with Crippen molar-refractivity contribution in [3.05, 3.63) is 66.0 Å². The molecule has 0 aliphatic heterocycles. The second-order valence-electron chi connectivity index (χ2n) is 3.99. The molecule has 76 valence electrons. The van der Waals surface area contributed by atoms with Crippen LogP contribution in [0.5, 0.6) is 0 Å². The van der Waals surface area contributed by atoms with Gasteiger partial charge < -0.3 is 0 Å². The van der Waals surface area contributed by atoms with Crippen LogP contribution in [0.25, 0.3) is 0 Å². The summed E-state index contributed by atoms with van der Waals surface area (Å²) in [7, 11) is -0.245. The van der Waals surface area contributed by atoms with E-state index in [4.69, 9.17) is 0 Å². The van der Waals surface area contributed by atoms with Crippen LogP contribution in [0.1, 0.15) is 5.56 Å². The largest absolute Gasteiger partial charge is 0.214 e. The van der Waals surface area contributed by atoms with E-state index in [9.17, 15) is 4.39 Å². The standard InChI is InChI=1S/C13H13BF/c15-13-8-4-7-12(9-13)14-10-11-5-2-1-3-6-11/h1-9H,10,14H2/q-1. The molecule has 0 unspecified atom stereocenters. The van der Waals surface area contributed by atoms with Gasteiger partial charge in [-0.15, -0.1) is 0 Å². The van der Waals surface area contributed by atoms with E-state index in [1.807, 2.05) is 24.3 Å². The van der Waals surface area contributed by atoms with Crippen LogP contribution in [0.3, 0.4) is 0 Å². The summed E-state index contributed by atoms with van der Waals surface area (Å²) < 4.78 is 12.9. The van der Waals surface area contributed by atoms with Crippen LogP contribution in [0.15, 0.2) is 54.6 Å². The van der Waals surface area contributed by atoms with Crippen molar-refractivity contribution in [2.75, 3.05) is 0 Å². The molecule has 15 heavy (non-hydrogen) atoms. The van der Waals surface area contributed by atoms with Crippen molar-refractivity contribution in [3.8, 4) is 0 Å². The number of rotatable bonds is 3. The fraction of sp³-hybridized carbons (Fsp3) is 0.0769. The fourth-order valence-corrected chi connectivity index (χ4v) is 1.95. The maximum Gasteiger partial charge on any atom is 0.120 e. The molecule has 2 aromatic rings. The van der Waals surface area contributed by atoms with Crippen LogP contribution in [0.2, 0.25) is 0 Å². The maximum atomic E-state index is 12.9. The molecular formula is C13H13BF-. The highest BCUT2D eigenvalue weighted by Crippen LogP contribution is 1.99. The van der Waals surface area contributed by atoms with Crippen LogP contribution < -0.4 is 5.46 Å². The van der Waals surface area contributed by atoms with Crippen molar-refractivity contribution in [2.24, 2.45) is 0 Å². The Balaban J connectivity index is 1.99. The predicted molar refractivity (Wildman–Crippen MR) is 64.7 cm³/mol. The van der Waals surface area contributed by atoms with E-state index in [1.54, 1.807) is 12.1 Å². The van der Waals surface area contributed by atoms with Crippen LogP contribution in [0.4, 0.5) is 4.39 Å². The van der Waals surface area contributed by atoms with Gasteiger partial charge >= 0.3 is 0 Å². The molecule has 0 aliphatic rings. The first-order valence-corrected chi connectivity index (χ1v) is 5.48. The normalized spacial score (nSPS) is 10.2. The lowest BCUT2D eigenvalue weighted by molar-refractivity contribution is 0.629. The van der Waals surface area contributed by atoms with E-state index in [1.165, 1.54) is 17.1 Å². The Bertz CT molecular complexity index is 426. The van der Waals surface area contributed by atoms with E-state index in [0.29, 0.717) is 0 Å². The van der Waals surface area contributed by atoms with Gasteiger partial charge in [0.2, 0.25) is 0 Å². The van der Waals surface area contributed by atoms with E-state index < -0.39 is 0 Å². The Morgan fingerprint density at radius 3 is 2.47 bits per heavy atom. The molecule has 0 saturated heterocycles. The quantitative estimate of drug-likeness (QED) is 0.661. The number of halogens is 1. The minimum Gasteiger partial charge on any atom is -0.214 e. The number of hydrogen-bond donors (Lipinski definition) is 0. The van der Waals surface area contributed by atoms with Gasteiger partial charge in [0.05, 0.1) is 0 Å². The molecule has 0 saturated carbocycles. The molecule has 0 aliphatic carbocycles. The monoisotopic (exact) mass is 199 g/mol. The van der Waals surface area contributed by atoms with Gasteiger partial charge in [0.25, 0.3) is 0 Å². The minimum atomic E-state index is -0.245.